The maximum absolute atomic E-state index is 13.1. The Hall–Kier alpha value is -1.92. The van der Waals surface area contributed by atoms with Crippen LogP contribution in [0.15, 0.2) is 30.3 Å². The van der Waals surface area contributed by atoms with Crippen LogP contribution >= 0.6 is 11.3 Å². The molecule has 1 aliphatic heterocycles. The number of carbonyl (C=O) groups excluding carboxylic acids is 2. The summed E-state index contributed by atoms with van der Waals surface area (Å²) in [5, 5.41) is 13.9. The summed E-state index contributed by atoms with van der Waals surface area (Å²) in [4.78, 5) is 28.5. The van der Waals surface area contributed by atoms with Gasteiger partial charge in [-0.15, -0.1) is 11.3 Å². The highest BCUT2D eigenvalue weighted by molar-refractivity contribution is 7.20. The molecule has 5 rings (SSSR count). The molecule has 6 heteroatoms. The zero-order chi connectivity index (χ0) is 19.3. The highest BCUT2D eigenvalue weighted by atomic mass is 32.1. The average molecular weight is 399 g/mol. The predicted molar refractivity (Wildman–Crippen MR) is 109 cm³/mol. The largest absolute Gasteiger partial charge is 0.395 e. The van der Waals surface area contributed by atoms with Gasteiger partial charge in [0.2, 0.25) is 5.91 Å². The van der Waals surface area contributed by atoms with Crippen molar-refractivity contribution in [1.82, 2.24) is 10.2 Å². The molecule has 0 spiro atoms. The van der Waals surface area contributed by atoms with Crippen LogP contribution in [0.3, 0.4) is 0 Å². The summed E-state index contributed by atoms with van der Waals surface area (Å²) >= 11 is 1.56. The SMILES string of the molecule is O=C(c1cc2ccccc2s1)N1C[C@@H]2CCC[C@H](NC(=O)C3(CO)CC3)[C@@H]2C1. The molecule has 2 N–H and O–H groups in total. The van der Waals surface area contributed by atoms with Crippen LogP contribution in [0.2, 0.25) is 0 Å². The monoisotopic (exact) mass is 398 g/mol. The van der Waals surface area contributed by atoms with Crippen LogP contribution in [0.1, 0.15) is 41.8 Å². The second kappa shape index (κ2) is 6.85. The van der Waals surface area contributed by atoms with Crippen LogP contribution < -0.4 is 5.32 Å². The maximum atomic E-state index is 13.1. The number of amides is 2. The molecule has 28 heavy (non-hydrogen) atoms. The Morgan fingerprint density at radius 2 is 2.04 bits per heavy atom. The lowest BCUT2D eigenvalue weighted by Gasteiger charge is -2.34. The Balaban J connectivity index is 1.30. The zero-order valence-electron chi connectivity index (χ0n) is 15.9. The topological polar surface area (TPSA) is 69.6 Å². The van der Waals surface area contributed by atoms with Crippen molar-refractivity contribution in [3.05, 3.63) is 35.2 Å². The molecule has 0 unspecified atom stereocenters. The fraction of sp³-hybridized carbons (Fsp3) is 0.545. The third kappa shape index (κ3) is 3.03. The number of aliphatic hydroxyl groups is 1. The Morgan fingerprint density at radius 1 is 1.21 bits per heavy atom. The van der Waals surface area contributed by atoms with Crippen molar-refractivity contribution in [2.24, 2.45) is 17.3 Å². The number of fused-ring (bicyclic) bond motifs is 2. The minimum atomic E-state index is -0.530. The zero-order valence-corrected chi connectivity index (χ0v) is 16.7. The standard InChI is InChI=1S/C22H26N2O3S/c25-13-22(8-9-22)21(27)23-17-6-3-5-15-11-24(12-16(15)17)20(26)19-10-14-4-1-2-7-18(14)28-19/h1-2,4,7,10,15-17,25H,3,5-6,8-9,11-13H2,(H,23,27)/t15-,16+,17-/m0/s1. The smallest absolute Gasteiger partial charge is 0.263 e. The van der Waals surface area contributed by atoms with Gasteiger partial charge < -0.3 is 15.3 Å². The van der Waals surface area contributed by atoms with E-state index in [1.54, 1.807) is 11.3 Å². The number of nitrogens with zero attached hydrogens (tertiary/aromatic N) is 1. The second-order valence-corrected chi connectivity index (χ2v) is 9.82. The van der Waals surface area contributed by atoms with Crippen LogP contribution in [0.4, 0.5) is 0 Å². The first-order valence-corrected chi connectivity index (χ1v) is 11.1. The third-order valence-corrected chi connectivity index (χ3v) is 8.08. The van der Waals surface area contributed by atoms with E-state index in [2.05, 4.69) is 11.4 Å². The number of rotatable bonds is 4. The van der Waals surface area contributed by atoms with Gasteiger partial charge in [-0.1, -0.05) is 24.6 Å². The van der Waals surface area contributed by atoms with Crippen molar-refractivity contribution in [1.29, 1.82) is 0 Å². The number of thiophene rings is 1. The number of carbonyl (C=O) groups is 2. The second-order valence-electron chi connectivity index (χ2n) is 8.73. The Labute approximate surface area is 168 Å². The van der Waals surface area contributed by atoms with E-state index in [1.165, 1.54) is 0 Å². The molecular weight excluding hydrogens is 372 g/mol. The molecule has 3 fully saturated rings. The molecule has 1 aromatic heterocycles. The van der Waals surface area contributed by atoms with Crippen LogP contribution in [0.5, 0.6) is 0 Å². The van der Waals surface area contributed by atoms with Gasteiger partial charge in [-0.25, -0.2) is 0 Å². The van der Waals surface area contributed by atoms with E-state index < -0.39 is 5.41 Å². The summed E-state index contributed by atoms with van der Waals surface area (Å²) in [7, 11) is 0. The van der Waals surface area contributed by atoms with Gasteiger partial charge in [-0.05, 0) is 49.1 Å². The lowest BCUT2D eigenvalue weighted by Crippen LogP contribution is -2.48. The van der Waals surface area contributed by atoms with E-state index in [0.717, 1.165) is 60.2 Å². The molecule has 2 aliphatic carbocycles. The number of likely N-dealkylation sites (tertiary alicyclic amines) is 1. The fourth-order valence-electron chi connectivity index (χ4n) is 4.99. The predicted octanol–water partition coefficient (Wildman–Crippen LogP) is 3.03. The summed E-state index contributed by atoms with van der Waals surface area (Å²) in [5.41, 5.74) is -0.530. The average Bonchev–Trinajstić information content (AvgIpc) is 3.20. The molecule has 0 bridgehead atoms. The minimum Gasteiger partial charge on any atom is -0.395 e. The van der Waals surface area contributed by atoms with Gasteiger partial charge >= 0.3 is 0 Å². The van der Waals surface area contributed by atoms with E-state index in [1.807, 2.05) is 29.2 Å². The number of benzene rings is 1. The minimum absolute atomic E-state index is 0.00920. The number of nitrogens with one attached hydrogen (secondary N) is 1. The molecule has 2 saturated carbocycles. The molecule has 3 atom stereocenters. The number of aliphatic hydroxyl groups excluding tert-OH is 1. The van der Waals surface area contributed by atoms with E-state index in [9.17, 15) is 14.7 Å². The Bertz CT molecular complexity index is 886. The lowest BCUT2D eigenvalue weighted by atomic mass is 9.78. The normalized spacial score (nSPS) is 28.2. The molecule has 0 radical (unpaired) electrons. The van der Waals surface area contributed by atoms with Crippen molar-refractivity contribution in [2.75, 3.05) is 19.7 Å². The quantitative estimate of drug-likeness (QED) is 0.832. The van der Waals surface area contributed by atoms with Gasteiger partial charge in [-0.3, -0.25) is 9.59 Å². The molecule has 148 valence electrons. The summed E-state index contributed by atoms with van der Waals surface area (Å²) in [5.74, 6) is 0.914. The molecular formula is C22H26N2O3S. The van der Waals surface area contributed by atoms with Crippen LogP contribution in [0, 0.1) is 17.3 Å². The highest BCUT2D eigenvalue weighted by Crippen LogP contribution is 2.46. The maximum Gasteiger partial charge on any atom is 0.263 e. The fourth-order valence-corrected chi connectivity index (χ4v) is 6.02. The highest BCUT2D eigenvalue weighted by Gasteiger charge is 2.51. The Kier molecular flexibility index (Phi) is 4.43. The summed E-state index contributed by atoms with van der Waals surface area (Å²) in [6.07, 6.45) is 4.75. The summed E-state index contributed by atoms with van der Waals surface area (Å²) < 4.78 is 1.14. The van der Waals surface area contributed by atoms with Crippen molar-refractivity contribution in [3.8, 4) is 0 Å². The number of hydrogen-bond donors (Lipinski definition) is 2. The van der Waals surface area contributed by atoms with Crippen LogP contribution in [0.25, 0.3) is 10.1 Å². The first-order valence-electron chi connectivity index (χ1n) is 10.3. The summed E-state index contributed by atoms with van der Waals surface area (Å²) in [6.45, 7) is 1.44. The molecule has 1 aromatic carbocycles. The van der Waals surface area contributed by atoms with Gasteiger partial charge in [0.1, 0.15) is 0 Å². The van der Waals surface area contributed by atoms with Crippen molar-refractivity contribution in [3.63, 3.8) is 0 Å². The van der Waals surface area contributed by atoms with Crippen molar-refractivity contribution < 1.29 is 14.7 Å². The van der Waals surface area contributed by atoms with Crippen molar-refractivity contribution in [2.45, 2.75) is 38.1 Å². The van der Waals surface area contributed by atoms with E-state index >= 15 is 0 Å². The molecule has 3 aliphatic rings. The van der Waals surface area contributed by atoms with Crippen LogP contribution in [-0.2, 0) is 4.79 Å². The van der Waals surface area contributed by atoms with Gasteiger partial charge in [0.25, 0.3) is 5.91 Å². The van der Waals surface area contributed by atoms with Gasteiger partial charge in [-0.2, -0.15) is 0 Å². The van der Waals surface area contributed by atoms with Gasteiger partial charge in [0.05, 0.1) is 16.9 Å². The molecule has 1 saturated heterocycles. The third-order valence-electron chi connectivity index (χ3n) is 6.98. The lowest BCUT2D eigenvalue weighted by molar-refractivity contribution is -0.129. The molecule has 2 amide bonds. The summed E-state index contributed by atoms with van der Waals surface area (Å²) in [6, 6.07) is 10.2. The van der Waals surface area contributed by atoms with E-state index in [4.69, 9.17) is 0 Å². The van der Waals surface area contributed by atoms with Gasteiger partial charge in [0, 0.05) is 29.7 Å². The van der Waals surface area contributed by atoms with E-state index in [0.29, 0.717) is 11.8 Å². The molecule has 2 heterocycles. The van der Waals surface area contributed by atoms with Gasteiger partial charge in [0.15, 0.2) is 0 Å². The first-order chi connectivity index (χ1) is 13.6. The van der Waals surface area contributed by atoms with Crippen LogP contribution in [-0.4, -0.2) is 47.6 Å². The van der Waals surface area contributed by atoms with E-state index in [-0.39, 0.29) is 24.5 Å². The van der Waals surface area contributed by atoms with Crippen molar-refractivity contribution >= 4 is 33.2 Å². The molecule has 5 nitrogen and oxygen atoms in total. The number of hydrogen-bond acceptors (Lipinski definition) is 4. The molecule has 2 aromatic rings. The first kappa shape index (κ1) is 18.1. The Morgan fingerprint density at radius 3 is 2.79 bits per heavy atom.